The van der Waals surface area contributed by atoms with Gasteiger partial charge in [-0.15, -0.1) is 11.8 Å². The van der Waals surface area contributed by atoms with Gasteiger partial charge in [-0.05, 0) is 37.1 Å². The molecule has 0 radical (unpaired) electrons. The highest BCUT2D eigenvalue weighted by molar-refractivity contribution is 8.00. The lowest BCUT2D eigenvalue weighted by Crippen LogP contribution is -2.35. The van der Waals surface area contributed by atoms with Crippen LogP contribution in [0.25, 0.3) is 10.9 Å². The zero-order valence-electron chi connectivity index (χ0n) is 17.2. The number of nitrogens with one attached hydrogen (secondary N) is 2. The Morgan fingerprint density at radius 3 is 2.88 bits per heavy atom. The van der Waals surface area contributed by atoms with Crippen LogP contribution >= 0.6 is 23.4 Å². The van der Waals surface area contributed by atoms with E-state index in [2.05, 4.69) is 15.3 Å². The van der Waals surface area contributed by atoms with Crippen LogP contribution in [-0.4, -0.2) is 44.9 Å². The zero-order valence-corrected chi connectivity index (χ0v) is 18.7. The second kappa shape index (κ2) is 8.56. The number of rotatable bonds is 5. The Kier molecular flexibility index (Phi) is 5.59. The van der Waals surface area contributed by atoms with Crippen molar-refractivity contribution in [2.45, 2.75) is 30.4 Å². The van der Waals surface area contributed by atoms with Gasteiger partial charge in [-0.2, -0.15) is 0 Å². The summed E-state index contributed by atoms with van der Waals surface area (Å²) >= 11 is 7.46. The fourth-order valence-electron chi connectivity index (χ4n) is 3.88. The van der Waals surface area contributed by atoms with Gasteiger partial charge in [0.1, 0.15) is 17.7 Å². The van der Waals surface area contributed by atoms with E-state index < -0.39 is 23.4 Å². The summed E-state index contributed by atoms with van der Waals surface area (Å²) in [6.45, 7) is 0.454. The van der Waals surface area contributed by atoms with E-state index in [0.29, 0.717) is 46.2 Å². The summed E-state index contributed by atoms with van der Waals surface area (Å²) in [5.41, 5.74) is -0.638. The van der Waals surface area contributed by atoms with E-state index in [1.165, 1.54) is 16.7 Å². The van der Waals surface area contributed by atoms with Gasteiger partial charge in [-0.1, -0.05) is 17.7 Å². The number of thioether (sulfide) groups is 1. The van der Waals surface area contributed by atoms with Crippen LogP contribution < -0.4 is 21.5 Å². The summed E-state index contributed by atoms with van der Waals surface area (Å²) < 4.78 is 6.57. The number of para-hydroxylation sites is 1. The maximum Gasteiger partial charge on any atom is 0.415 e. The van der Waals surface area contributed by atoms with Gasteiger partial charge in [0.15, 0.2) is 0 Å². The molecule has 4 heterocycles. The molecule has 33 heavy (non-hydrogen) atoms. The highest BCUT2D eigenvalue weighted by Crippen LogP contribution is 2.33. The summed E-state index contributed by atoms with van der Waals surface area (Å²) in [6, 6.07) is 8.40. The molecule has 10 nitrogen and oxygen atoms in total. The summed E-state index contributed by atoms with van der Waals surface area (Å²) in [7, 11) is 0. The van der Waals surface area contributed by atoms with E-state index in [0.717, 1.165) is 9.46 Å². The molecule has 5 rings (SSSR count). The highest BCUT2D eigenvalue weighted by Gasteiger charge is 2.33. The SMILES string of the molecule is O=C1CSc2ccc(N3CC(CCCn4c(=O)[nH]c5c(Cl)cccc5c4=O)OC3=O)nc2N1. The van der Waals surface area contributed by atoms with E-state index in [9.17, 15) is 19.2 Å². The number of nitrogens with zero attached hydrogens (tertiary/aromatic N) is 3. The van der Waals surface area contributed by atoms with Gasteiger partial charge in [-0.25, -0.2) is 14.6 Å². The monoisotopic (exact) mass is 487 g/mol. The summed E-state index contributed by atoms with van der Waals surface area (Å²) in [4.78, 5) is 58.4. The van der Waals surface area contributed by atoms with Gasteiger partial charge >= 0.3 is 11.8 Å². The van der Waals surface area contributed by atoms with Crippen molar-refractivity contribution in [2.24, 2.45) is 0 Å². The van der Waals surface area contributed by atoms with Crippen LogP contribution in [0.2, 0.25) is 5.02 Å². The molecule has 0 aliphatic carbocycles. The van der Waals surface area contributed by atoms with Crippen LogP contribution in [0.1, 0.15) is 12.8 Å². The second-order valence-corrected chi connectivity index (χ2v) is 9.09. The van der Waals surface area contributed by atoms with Crippen LogP contribution in [0, 0.1) is 0 Å². The minimum absolute atomic E-state index is 0.139. The van der Waals surface area contributed by atoms with Crippen molar-refractivity contribution < 1.29 is 14.3 Å². The lowest BCUT2D eigenvalue weighted by molar-refractivity contribution is -0.113. The minimum atomic E-state index is -0.538. The average molecular weight is 488 g/mol. The van der Waals surface area contributed by atoms with E-state index >= 15 is 0 Å². The molecular weight excluding hydrogens is 470 g/mol. The van der Waals surface area contributed by atoms with Gasteiger partial charge in [0.2, 0.25) is 5.91 Å². The molecule has 12 heteroatoms. The summed E-state index contributed by atoms with van der Waals surface area (Å²) in [6.07, 6.45) is -0.0358. The fraction of sp³-hybridized carbons (Fsp3) is 0.286. The molecule has 1 fully saturated rings. The minimum Gasteiger partial charge on any atom is -0.444 e. The van der Waals surface area contributed by atoms with Crippen molar-refractivity contribution >= 4 is 57.9 Å². The molecule has 1 saturated heterocycles. The molecular formula is C21H18ClN5O5S. The zero-order chi connectivity index (χ0) is 23.1. The Morgan fingerprint density at radius 1 is 1.18 bits per heavy atom. The van der Waals surface area contributed by atoms with E-state index in [1.807, 2.05) is 6.07 Å². The Hall–Kier alpha value is -3.31. The van der Waals surface area contributed by atoms with E-state index in [1.54, 1.807) is 24.3 Å². The highest BCUT2D eigenvalue weighted by atomic mass is 35.5. The first-order chi connectivity index (χ1) is 15.9. The Balaban J connectivity index is 1.26. The molecule has 1 aromatic carbocycles. The fourth-order valence-corrected chi connectivity index (χ4v) is 4.86. The topological polar surface area (TPSA) is 126 Å². The normalized spacial score (nSPS) is 17.7. The molecule has 170 valence electrons. The lowest BCUT2D eigenvalue weighted by Gasteiger charge is -2.18. The Morgan fingerprint density at radius 2 is 2.03 bits per heavy atom. The Bertz CT molecular complexity index is 1400. The van der Waals surface area contributed by atoms with Crippen LogP contribution in [0.3, 0.4) is 0 Å². The first-order valence-electron chi connectivity index (χ1n) is 10.2. The number of carbonyl (C=O) groups excluding carboxylic acids is 2. The number of anilines is 2. The number of cyclic esters (lactones) is 1. The number of halogens is 1. The van der Waals surface area contributed by atoms with Gasteiger partial charge in [0.25, 0.3) is 5.56 Å². The molecule has 2 aliphatic rings. The van der Waals surface area contributed by atoms with Crippen LogP contribution in [0.5, 0.6) is 0 Å². The maximum atomic E-state index is 12.7. The number of aromatic amines is 1. The van der Waals surface area contributed by atoms with E-state index in [4.69, 9.17) is 16.3 Å². The van der Waals surface area contributed by atoms with Crippen molar-refractivity contribution in [3.63, 3.8) is 0 Å². The van der Waals surface area contributed by atoms with Crippen molar-refractivity contribution in [2.75, 3.05) is 22.5 Å². The van der Waals surface area contributed by atoms with Gasteiger partial charge in [0, 0.05) is 6.54 Å². The number of benzene rings is 1. The molecule has 2 aliphatic heterocycles. The van der Waals surface area contributed by atoms with Gasteiger partial charge in [-0.3, -0.25) is 19.1 Å². The van der Waals surface area contributed by atoms with Gasteiger partial charge < -0.3 is 15.0 Å². The van der Waals surface area contributed by atoms with Crippen molar-refractivity contribution in [1.82, 2.24) is 14.5 Å². The number of hydrogen-bond donors (Lipinski definition) is 2. The predicted molar refractivity (Wildman–Crippen MR) is 124 cm³/mol. The van der Waals surface area contributed by atoms with Crippen LogP contribution in [0.4, 0.5) is 16.4 Å². The number of amides is 2. The number of fused-ring (bicyclic) bond motifs is 2. The van der Waals surface area contributed by atoms with Crippen LogP contribution in [-0.2, 0) is 16.1 Å². The average Bonchev–Trinajstić information content (AvgIpc) is 3.16. The smallest absolute Gasteiger partial charge is 0.415 e. The van der Waals surface area contributed by atoms with Gasteiger partial charge in [0.05, 0.1) is 33.1 Å². The number of ether oxygens (including phenoxy) is 1. The molecule has 0 bridgehead atoms. The Labute approximate surface area is 195 Å². The molecule has 2 amide bonds. The third-order valence-electron chi connectivity index (χ3n) is 5.48. The third kappa shape index (κ3) is 4.09. The summed E-state index contributed by atoms with van der Waals surface area (Å²) in [5.74, 6) is 1.02. The third-order valence-corrected chi connectivity index (χ3v) is 6.85. The van der Waals surface area contributed by atoms with E-state index in [-0.39, 0.29) is 19.0 Å². The maximum absolute atomic E-state index is 12.7. The first kappa shape index (κ1) is 21.5. The number of hydrogen-bond acceptors (Lipinski definition) is 7. The summed E-state index contributed by atoms with van der Waals surface area (Å²) in [5, 5.41) is 3.35. The van der Waals surface area contributed by atoms with Crippen molar-refractivity contribution in [3.8, 4) is 0 Å². The predicted octanol–water partition coefficient (Wildman–Crippen LogP) is 2.59. The molecule has 2 N–H and O–H groups in total. The second-order valence-electron chi connectivity index (χ2n) is 7.66. The molecule has 1 unspecified atom stereocenters. The molecule has 1 atom stereocenters. The lowest BCUT2D eigenvalue weighted by atomic mass is 10.2. The number of H-pyrrole nitrogens is 1. The molecule has 3 aromatic rings. The standard InChI is InChI=1S/C21H18ClN5O5S/c22-13-5-1-4-12-17(13)25-20(30)26(19(12)29)8-2-3-11-9-27(21(31)32-11)15-7-6-14-18(23-15)24-16(28)10-33-14/h1,4-7,11H,2-3,8-10H2,(H,25,30)(H,23,24,28). The molecule has 2 aromatic heterocycles. The number of carbonyl (C=O) groups is 2. The largest absolute Gasteiger partial charge is 0.444 e. The molecule has 0 saturated carbocycles. The molecule has 0 spiro atoms. The van der Waals surface area contributed by atoms with Crippen molar-refractivity contribution in [1.29, 1.82) is 0 Å². The quantitative estimate of drug-likeness (QED) is 0.566. The van der Waals surface area contributed by atoms with Crippen molar-refractivity contribution in [3.05, 3.63) is 56.2 Å². The number of aromatic nitrogens is 3. The number of pyridine rings is 1. The van der Waals surface area contributed by atoms with Crippen LogP contribution in [0.15, 0.2) is 44.8 Å². The first-order valence-corrected chi connectivity index (χ1v) is 11.6.